The van der Waals surface area contributed by atoms with Crippen LogP contribution in [0.1, 0.15) is 5.69 Å². The zero-order valence-electron chi connectivity index (χ0n) is 7.13. The van der Waals surface area contributed by atoms with Crippen LogP contribution in [0.5, 0.6) is 5.88 Å². The Hall–Kier alpha value is -1.17. The lowest BCUT2D eigenvalue weighted by atomic mass is 10.3. The molecule has 0 aliphatic carbocycles. The van der Waals surface area contributed by atoms with Crippen LogP contribution in [0.3, 0.4) is 0 Å². The van der Waals surface area contributed by atoms with E-state index in [1.165, 1.54) is 0 Å². The highest BCUT2D eigenvalue weighted by Gasteiger charge is 2.11. The van der Waals surface area contributed by atoms with Crippen molar-refractivity contribution in [3.05, 3.63) is 10.4 Å². The topological polar surface area (TPSA) is 63.7 Å². The van der Waals surface area contributed by atoms with Gasteiger partial charge < -0.3 is 4.74 Å². The number of nitrogens with zero attached hydrogens (tertiary/aromatic N) is 3. The van der Waals surface area contributed by atoms with Crippen LogP contribution in [0.4, 0.5) is 0 Å². The molecule has 2 heterocycles. The summed E-state index contributed by atoms with van der Waals surface area (Å²) in [7, 11) is 1.57. The van der Waals surface area contributed by atoms with Gasteiger partial charge in [-0.05, 0) is 22.9 Å². The summed E-state index contributed by atoms with van der Waals surface area (Å²) < 4.78 is 5.58. The normalized spacial score (nSPS) is 10.7. The van der Waals surface area contributed by atoms with Crippen LogP contribution in [0.15, 0.2) is 4.73 Å². The fourth-order valence-electron chi connectivity index (χ4n) is 1.15. The Balaban J connectivity index is 2.85. The SMILES string of the molecule is COc1nc(Br)nc2n[nH]c(C)c12. The number of methoxy groups -OCH3 is 1. The van der Waals surface area contributed by atoms with Gasteiger partial charge >= 0.3 is 0 Å². The van der Waals surface area contributed by atoms with E-state index in [0.717, 1.165) is 11.1 Å². The van der Waals surface area contributed by atoms with E-state index >= 15 is 0 Å². The number of aryl methyl sites for hydroxylation is 1. The summed E-state index contributed by atoms with van der Waals surface area (Å²) in [6.45, 7) is 1.90. The van der Waals surface area contributed by atoms with Crippen molar-refractivity contribution in [1.82, 2.24) is 20.2 Å². The van der Waals surface area contributed by atoms with E-state index in [-0.39, 0.29) is 0 Å². The first kappa shape index (κ1) is 8.43. The van der Waals surface area contributed by atoms with Gasteiger partial charge in [-0.1, -0.05) is 0 Å². The lowest BCUT2D eigenvalue weighted by Gasteiger charge is -1.99. The predicted octanol–water partition coefficient (Wildman–Crippen LogP) is 1.43. The molecule has 0 aromatic carbocycles. The lowest BCUT2D eigenvalue weighted by Crippen LogP contribution is -1.92. The third-order valence-corrected chi connectivity index (χ3v) is 2.08. The van der Waals surface area contributed by atoms with Crippen molar-refractivity contribution in [2.75, 3.05) is 7.11 Å². The minimum Gasteiger partial charge on any atom is -0.480 e. The van der Waals surface area contributed by atoms with E-state index in [0.29, 0.717) is 16.3 Å². The van der Waals surface area contributed by atoms with Gasteiger partial charge in [-0.3, -0.25) is 5.10 Å². The van der Waals surface area contributed by atoms with Crippen LogP contribution in [-0.2, 0) is 0 Å². The molecule has 13 heavy (non-hydrogen) atoms. The number of aromatic amines is 1. The Kier molecular flexibility index (Phi) is 1.91. The van der Waals surface area contributed by atoms with Gasteiger partial charge in [0.05, 0.1) is 7.11 Å². The number of halogens is 1. The summed E-state index contributed by atoms with van der Waals surface area (Å²) in [5, 5.41) is 7.65. The highest BCUT2D eigenvalue weighted by molar-refractivity contribution is 9.10. The van der Waals surface area contributed by atoms with Crippen LogP contribution in [0.2, 0.25) is 0 Å². The molecule has 0 amide bonds. The van der Waals surface area contributed by atoms with Crippen molar-refractivity contribution in [3.63, 3.8) is 0 Å². The highest BCUT2D eigenvalue weighted by Crippen LogP contribution is 2.24. The van der Waals surface area contributed by atoms with Gasteiger partial charge in [-0.15, -0.1) is 0 Å². The van der Waals surface area contributed by atoms with Crippen LogP contribution in [0, 0.1) is 6.92 Å². The Labute approximate surface area is 82.7 Å². The van der Waals surface area contributed by atoms with Gasteiger partial charge in [-0.2, -0.15) is 15.1 Å². The van der Waals surface area contributed by atoms with Crippen LogP contribution < -0.4 is 4.74 Å². The minimum atomic E-state index is 0.475. The van der Waals surface area contributed by atoms with Crippen LogP contribution in [0.25, 0.3) is 11.0 Å². The minimum absolute atomic E-state index is 0.475. The fraction of sp³-hybridized carbons (Fsp3) is 0.286. The second-order valence-corrected chi connectivity index (χ2v) is 3.26. The summed E-state index contributed by atoms with van der Waals surface area (Å²) in [5.74, 6) is 0.531. The molecular formula is C7H7BrN4O. The number of fused-ring (bicyclic) bond motifs is 1. The van der Waals surface area contributed by atoms with Crippen molar-refractivity contribution >= 4 is 27.0 Å². The zero-order valence-corrected chi connectivity index (χ0v) is 8.71. The third kappa shape index (κ3) is 1.27. The molecule has 6 heteroatoms. The average Bonchev–Trinajstić information content (AvgIpc) is 2.46. The van der Waals surface area contributed by atoms with Crippen molar-refractivity contribution in [2.24, 2.45) is 0 Å². The maximum atomic E-state index is 5.11. The first-order valence-corrected chi connectivity index (χ1v) is 4.44. The molecule has 0 unspecified atom stereocenters. The van der Waals surface area contributed by atoms with Crippen LogP contribution >= 0.6 is 15.9 Å². The second-order valence-electron chi connectivity index (χ2n) is 2.55. The standard InChI is InChI=1S/C7H7BrN4O/c1-3-4-5(12-11-3)9-7(8)10-6(4)13-2/h1-2H3,(H,9,10,11,12). The fourth-order valence-corrected chi connectivity index (χ4v) is 1.48. The molecule has 0 spiro atoms. The number of H-pyrrole nitrogens is 1. The number of hydrogen-bond acceptors (Lipinski definition) is 4. The van der Waals surface area contributed by atoms with Crippen molar-refractivity contribution in [3.8, 4) is 5.88 Å². The van der Waals surface area contributed by atoms with E-state index in [9.17, 15) is 0 Å². The Morgan fingerprint density at radius 3 is 2.85 bits per heavy atom. The molecule has 0 fully saturated rings. The second kappa shape index (κ2) is 2.95. The molecule has 0 aliphatic heterocycles. The quantitative estimate of drug-likeness (QED) is 0.769. The van der Waals surface area contributed by atoms with Gasteiger partial charge in [0.2, 0.25) is 10.6 Å². The summed E-state index contributed by atoms with van der Waals surface area (Å²) in [6, 6.07) is 0. The Morgan fingerprint density at radius 1 is 1.38 bits per heavy atom. The van der Waals surface area contributed by atoms with E-state index in [2.05, 4.69) is 36.1 Å². The van der Waals surface area contributed by atoms with Gasteiger partial charge in [0.25, 0.3) is 0 Å². The van der Waals surface area contributed by atoms with E-state index in [1.807, 2.05) is 6.92 Å². The first-order valence-electron chi connectivity index (χ1n) is 3.64. The monoisotopic (exact) mass is 242 g/mol. The van der Waals surface area contributed by atoms with Crippen molar-refractivity contribution < 1.29 is 4.74 Å². The van der Waals surface area contributed by atoms with E-state index in [1.54, 1.807) is 7.11 Å². The smallest absolute Gasteiger partial charge is 0.228 e. The molecule has 2 rings (SSSR count). The maximum Gasteiger partial charge on any atom is 0.228 e. The van der Waals surface area contributed by atoms with Crippen LogP contribution in [-0.4, -0.2) is 27.3 Å². The highest BCUT2D eigenvalue weighted by atomic mass is 79.9. The molecule has 0 saturated carbocycles. The molecule has 2 aromatic heterocycles. The Morgan fingerprint density at radius 2 is 2.15 bits per heavy atom. The summed E-state index contributed by atoms with van der Waals surface area (Å²) in [4.78, 5) is 8.16. The van der Waals surface area contributed by atoms with E-state index in [4.69, 9.17) is 4.74 Å². The molecular weight excluding hydrogens is 236 g/mol. The summed E-state index contributed by atoms with van der Waals surface area (Å²) in [6.07, 6.45) is 0. The zero-order chi connectivity index (χ0) is 9.42. The molecule has 0 radical (unpaired) electrons. The largest absolute Gasteiger partial charge is 0.480 e. The van der Waals surface area contributed by atoms with Gasteiger partial charge in [0.1, 0.15) is 5.39 Å². The summed E-state index contributed by atoms with van der Waals surface area (Å²) in [5.41, 5.74) is 1.51. The number of nitrogens with one attached hydrogen (secondary N) is 1. The third-order valence-electron chi connectivity index (χ3n) is 1.73. The molecule has 0 bridgehead atoms. The van der Waals surface area contributed by atoms with Crippen molar-refractivity contribution in [1.29, 1.82) is 0 Å². The van der Waals surface area contributed by atoms with Crippen molar-refractivity contribution in [2.45, 2.75) is 6.92 Å². The maximum absolute atomic E-state index is 5.11. The molecule has 5 nitrogen and oxygen atoms in total. The predicted molar refractivity (Wildman–Crippen MR) is 50.7 cm³/mol. The molecule has 1 N–H and O–H groups in total. The van der Waals surface area contributed by atoms with E-state index < -0.39 is 0 Å². The van der Waals surface area contributed by atoms with Gasteiger partial charge in [0.15, 0.2) is 5.65 Å². The number of ether oxygens (including phenoxy) is 1. The lowest BCUT2D eigenvalue weighted by molar-refractivity contribution is 0.401. The Bertz CT molecular complexity index is 453. The first-order chi connectivity index (χ1) is 6.22. The molecule has 0 atom stereocenters. The number of hydrogen-bond donors (Lipinski definition) is 1. The number of rotatable bonds is 1. The molecule has 0 saturated heterocycles. The molecule has 68 valence electrons. The molecule has 2 aromatic rings. The number of aromatic nitrogens is 4. The van der Waals surface area contributed by atoms with Gasteiger partial charge in [0, 0.05) is 5.69 Å². The van der Waals surface area contributed by atoms with Gasteiger partial charge in [-0.25, -0.2) is 0 Å². The average molecular weight is 243 g/mol. The molecule has 0 aliphatic rings. The summed E-state index contributed by atoms with van der Waals surface area (Å²) >= 11 is 3.18.